The van der Waals surface area contributed by atoms with Crippen LogP contribution in [0.25, 0.3) is 0 Å². The van der Waals surface area contributed by atoms with Crippen LogP contribution in [0.3, 0.4) is 0 Å². The maximum Gasteiger partial charge on any atom is 0.0540 e. The Morgan fingerprint density at radius 3 is 2.56 bits per heavy atom. The third-order valence-corrected chi connectivity index (χ3v) is 3.69. The Hall–Kier alpha value is -0.870. The van der Waals surface area contributed by atoms with E-state index in [0.29, 0.717) is 12.6 Å². The van der Waals surface area contributed by atoms with Gasteiger partial charge in [0.15, 0.2) is 0 Å². The molecule has 0 aliphatic carbocycles. The van der Waals surface area contributed by atoms with E-state index in [4.69, 9.17) is 5.73 Å². The van der Waals surface area contributed by atoms with Crippen LogP contribution in [0.5, 0.6) is 0 Å². The van der Waals surface area contributed by atoms with Crippen molar-refractivity contribution in [2.75, 3.05) is 19.6 Å². The van der Waals surface area contributed by atoms with Crippen LogP contribution in [-0.2, 0) is 7.05 Å². The van der Waals surface area contributed by atoms with Gasteiger partial charge in [0.2, 0.25) is 0 Å². The first-order valence-electron chi connectivity index (χ1n) is 6.16. The van der Waals surface area contributed by atoms with E-state index in [9.17, 15) is 0 Å². The highest BCUT2D eigenvalue weighted by Gasteiger charge is 2.23. The van der Waals surface area contributed by atoms with E-state index in [1.165, 1.54) is 43.6 Å². The lowest BCUT2D eigenvalue weighted by Gasteiger charge is -2.33. The van der Waals surface area contributed by atoms with E-state index >= 15 is 0 Å². The van der Waals surface area contributed by atoms with Gasteiger partial charge in [-0.1, -0.05) is 6.42 Å². The van der Waals surface area contributed by atoms with Gasteiger partial charge in [-0.25, -0.2) is 0 Å². The van der Waals surface area contributed by atoms with Gasteiger partial charge in [0.25, 0.3) is 0 Å². The number of nitrogens with two attached hydrogens (primary N) is 1. The molecule has 0 bridgehead atoms. The van der Waals surface area contributed by atoms with Crippen molar-refractivity contribution in [3.63, 3.8) is 0 Å². The van der Waals surface area contributed by atoms with Crippen molar-refractivity contribution in [3.8, 4) is 0 Å². The number of likely N-dealkylation sites (tertiary alicyclic amines) is 1. The first-order valence-corrected chi connectivity index (χ1v) is 6.16. The van der Waals surface area contributed by atoms with E-state index in [0.717, 1.165) is 0 Å². The summed E-state index contributed by atoms with van der Waals surface area (Å²) < 4.78 is 1.93. The molecule has 1 unspecified atom stereocenters. The second-order valence-electron chi connectivity index (χ2n) is 4.66. The summed E-state index contributed by atoms with van der Waals surface area (Å²) in [5.41, 5.74) is 8.47. The SMILES string of the molecule is Cc1c(C(CN)N2CCCCC2)cnn1C. The molecule has 1 aromatic heterocycles. The molecule has 4 nitrogen and oxygen atoms in total. The fourth-order valence-electron chi connectivity index (χ4n) is 2.55. The highest BCUT2D eigenvalue weighted by Crippen LogP contribution is 2.25. The third kappa shape index (κ3) is 2.13. The third-order valence-electron chi connectivity index (χ3n) is 3.69. The average molecular weight is 222 g/mol. The summed E-state index contributed by atoms with van der Waals surface area (Å²) >= 11 is 0. The number of hydrogen-bond acceptors (Lipinski definition) is 3. The number of piperidine rings is 1. The first-order chi connectivity index (χ1) is 7.74. The normalized spacial score (nSPS) is 19.9. The van der Waals surface area contributed by atoms with Gasteiger partial charge in [-0.15, -0.1) is 0 Å². The fraction of sp³-hybridized carbons (Fsp3) is 0.750. The summed E-state index contributed by atoms with van der Waals surface area (Å²) in [6.45, 7) is 5.16. The predicted molar refractivity (Wildman–Crippen MR) is 65.2 cm³/mol. The van der Waals surface area contributed by atoms with Crippen LogP contribution in [0.15, 0.2) is 6.20 Å². The molecule has 1 fully saturated rings. The van der Waals surface area contributed by atoms with Crippen molar-refractivity contribution in [2.45, 2.75) is 32.2 Å². The van der Waals surface area contributed by atoms with Crippen LogP contribution in [0.2, 0.25) is 0 Å². The van der Waals surface area contributed by atoms with Crippen molar-refractivity contribution in [1.82, 2.24) is 14.7 Å². The molecule has 90 valence electrons. The topological polar surface area (TPSA) is 47.1 Å². The van der Waals surface area contributed by atoms with Gasteiger partial charge in [-0.05, 0) is 32.9 Å². The van der Waals surface area contributed by atoms with Gasteiger partial charge < -0.3 is 5.73 Å². The minimum absolute atomic E-state index is 0.356. The second-order valence-corrected chi connectivity index (χ2v) is 4.66. The van der Waals surface area contributed by atoms with E-state index in [-0.39, 0.29) is 0 Å². The minimum atomic E-state index is 0.356. The first kappa shape index (κ1) is 11.6. The molecule has 1 atom stereocenters. The quantitative estimate of drug-likeness (QED) is 0.836. The summed E-state index contributed by atoms with van der Waals surface area (Å²) in [5, 5.41) is 4.31. The number of nitrogens with zero attached hydrogens (tertiary/aromatic N) is 3. The molecule has 1 saturated heterocycles. The summed E-state index contributed by atoms with van der Waals surface area (Å²) in [4.78, 5) is 2.51. The Kier molecular flexibility index (Phi) is 3.61. The Bertz CT molecular complexity index is 339. The maximum absolute atomic E-state index is 5.94. The molecule has 16 heavy (non-hydrogen) atoms. The predicted octanol–water partition coefficient (Wildman–Crippen LogP) is 1.21. The van der Waals surface area contributed by atoms with Crippen molar-refractivity contribution in [1.29, 1.82) is 0 Å². The van der Waals surface area contributed by atoms with E-state index < -0.39 is 0 Å². The fourth-order valence-corrected chi connectivity index (χ4v) is 2.55. The van der Waals surface area contributed by atoms with Crippen molar-refractivity contribution in [3.05, 3.63) is 17.5 Å². The molecular weight excluding hydrogens is 200 g/mol. The van der Waals surface area contributed by atoms with Gasteiger partial charge in [-0.3, -0.25) is 9.58 Å². The van der Waals surface area contributed by atoms with E-state index in [1.807, 2.05) is 17.9 Å². The van der Waals surface area contributed by atoms with Gasteiger partial charge in [-0.2, -0.15) is 5.10 Å². The van der Waals surface area contributed by atoms with Crippen LogP contribution in [0.4, 0.5) is 0 Å². The van der Waals surface area contributed by atoms with Crippen molar-refractivity contribution >= 4 is 0 Å². The number of rotatable bonds is 3. The summed E-state index contributed by atoms with van der Waals surface area (Å²) in [7, 11) is 1.99. The Morgan fingerprint density at radius 1 is 1.38 bits per heavy atom. The molecule has 0 saturated carbocycles. The van der Waals surface area contributed by atoms with Crippen LogP contribution in [0, 0.1) is 6.92 Å². The molecule has 2 N–H and O–H groups in total. The molecule has 0 amide bonds. The van der Waals surface area contributed by atoms with Crippen LogP contribution in [-0.4, -0.2) is 34.3 Å². The van der Waals surface area contributed by atoms with Crippen LogP contribution in [0.1, 0.15) is 36.6 Å². The molecule has 0 radical (unpaired) electrons. The van der Waals surface area contributed by atoms with Gasteiger partial charge >= 0.3 is 0 Å². The highest BCUT2D eigenvalue weighted by molar-refractivity contribution is 5.21. The van der Waals surface area contributed by atoms with E-state index in [1.54, 1.807) is 0 Å². The Morgan fingerprint density at radius 2 is 2.06 bits per heavy atom. The van der Waals surface area contributed by atoms with Gasteiger partial charge in [0, 0.05) is 24.8 Å². The van der Waals surface area contributed by atoms with Crippen molar-refractivity contribution < 1.29 is 0 Å². The Labute approximate surface area is 97.4 Å². The lowest BCUT2D eigenvalue weighted by Crippen LogP contribution is -2.37. The highest BCUT2D eigenvalue weighted by atomic mass is 15.3. The number of aryl methyl sites for hydroxylation is 1. The monoisotopic (exact) mass is 222 g/mol. The summed E-state index contributed by atoms with van der Waals surface area (Å²) in [6.07, 6.45) is 5.94. The zero-order valence-corrected chi connectivity index (χ0v) is 10.3. The van der Waals surface area contributed by atoms with Crippen LogP contribution < -0.4 is 5.73 Å². The second kappa shape index (κ2) is 4.97. The van der Waals surface area contributed by atoms with E-state index in [2.05, 4.69) is 16.9 Å². The summed E-state index contributed by atoms with van der Waals surface area (Å²) in [5.74, 6) is 0. The molecular formula is C12H22N4. The number of hydrogen-bond donors (Lipinski definition) is 1. The molecule has 2 heterocycles. The molecule has 1 aliphatic rings. The van der Waals surface area contributed by atoms with Crippen molar-refractivity contribution in [2.24, 2.45) is 12.8 Å². The van der Waals surface area contributed by atoms with Gasteiger partial charge in [0.1, 0.15) is 0 Å². The standard InChI is InChI=1S/C12H22N4/c1-10-11(9-14-15(10)2)12(8-13)16-6-4-3-5-7-16/h9,12H,3-8,13H2,1-2H3. The Balaban J connectivity index is 2.18. The minimum Gasteiger partial charge on any atom is -0.329 e. The lowest BCUT2D eigenvalue weighted by molar-refractivity contribution is 0.167. The zero-order chi connectivity index (χ0) is 11.5. The lowest BCUT2D eigenvalue weighted by atomic mass is 10.0. The molecule has 1 aliphatic heterocycles. The van der Waals surface area contributed by atoms with Crippen LogP contribution >= 0.6 is 0 Å². The largest absolute Gasteiger partial charge is 0.329 e. The average Bonchev–Trinajstić information content (AvgIpc) is 2.64. The smallest absolute Gasteiger partial charge is 0.0540 e. The zero-order valence-electron chi connectivity index (χ0n) is 10.3. The number of aromatic nitrogens is 2. The summed E-state index contributed by atoms with van der Waals surface area (Å²) in [6, 6.07) is 0.356. The van der Waals surface area contributed by atoms with Gasteiger partial charge in [0.05, 0.1) is 12.2 Å². The maximum atomic E-state index is 5.94. The molecule has 2 rings (SSSR count). The molecule has 4 heteroatoms. The molecule has 1 aromatic rings. The molecule has 0 spiro atoms. The molecule has 0 aromatic carbocycles.